The van der Waals surface area contributed by atoms with Crippen LogP contribution in [-0.4, -0.2) is 15.9 Å². The molecule has 0 fully saturated rings. The molecule has 2 aromatic rings. The zero-order valence-corrected chi connectivity index (χ0v) is 16.7. The highest BCUT2D eigenvalue weighted by Crippen LogP contribution is 2.27. The summed E-state index contributed by atoms with van der Waals surface area (Å²) in [5.41, 5.74) is 9.41. The molecule has 0 bridgehead atoms. The van der Waals surface area contributed by atoms with Gasteiger partial charge in [-0.05, 0) is 67.0 Å². The van der Waals surface area contributed by atoms with Crippen molar-refractivity contribution in [2.45, 2.75) is 19.8 Å². The highest BCUT2D eigenvalue weighted by molar-refractivity contribution is 6.29. The first-order chi connectivity index (χ1) is 14.0. The fraction of sp³-hybridized carbons (Fsp3) is 0.130. The Kier molecular flexibility index (Phi) is 5.23. The molecule has 1 amide bonds. The number of hydrogen-bond acceptors (Lipinski definition) is 3. The maximum Gasteiger partial charge on any atom is 0.248 e. The molecule has 0 spiro atoms. The van der Waals surface area contributed by atoms with Crippen molar-refractivity contribution in [3.63, 3.8) is 0 Å². The van der Waals surface area contributed by atoms with Crippen molar-refractivity contribution >= 4 is 34.1 Å². The summed E-state index contributed by atoms with van der Waals surface area (Å²) in [6.45, 7) is 1.99. The van der Waals surface area contributed by atoms with E-state index < -0.39 is 5.91 Å². The molecular formula is C23H20ClN3O2. The number of aromatic amines is 1. The summed E-state index contributed by atoms with van der Waals surface area (Å²) in [4.78, 5) is 19.3. The van der Waals surface area contributed by atoms with Gasteiger partial charge in [-0.2, -0.15) is 0 Å². The van der Waals surface area contributed by atoms with Gasteiger partial charge in [0.25, 0.3) is 0 Å². The van der Waals surface area contributed by atoms with E-state index in [1.54, 1.807) is 18.2 Å². The summed E-state index contributed by atoms with van der Waals surface area (Å²) in [6, 6.07) is 5.19. The van der Waals surface area contributed by atoms with Crippen molar-refractivity contribution < 1.29 is 9.53 Å². The molecule has 4 rings (SSSR count). The van der Waals surface area contributed by atoms with Gasteiger partial charge in [0.15, 0.2) is 0 Å². The van der Waals surface area contributed by atoms with Gasteiger partial charge >= 0.3 is 0 Å². The minimum atomic E-state index is -0.460. The van der Waals surface area contributed by atoms with E-state index in [2.05, 4.69) is 9.97 Å². The molecule has 1 aromatic heterocycles. The van der Waals surface area contributed by atoms with Crippen LogP contribution in [0.1, 0.15) is 35.9 Å². The lowest BCUT2D eigenvalue weighted by Crippen LogP contribution is -2.10. The molecule has 0 aliphatic heterocycles. The van der Waals surface area contributed by atoms with Crippen molar-refractivity contribution in [2.24, 2.45) is 5.73 Å². The summed E-state index contributed by atoms with van der Waals surface area (Å²) in [6.07, 6.45) is 15.1. The molecule has 2 aliphatic rings. The number of nitrogens with one attached hydrogen (secondary N) is 1. The van der Waals surface area contributed by atoms with Gasteiger partial charge in [-0.1, -0.05) is 29.8 Å². The Hall–Kier alpha value is -3.31. The number of allylic oxidation sites excluding steroid dienone is 10. The average molecular weight is 406 g/mol. The lowest BCUT2D eigenvalue weighted by atomic mass is 10.2. The highest BCUT2D eigenvalue weighted by Gasteiger charge is 2.12. The number of benzene rings is 1. The minimum absolute atomic E-state index is 0.452. The number of halogens is 1. The second kappa shape index (κ2) is 7.97. The van der Waals surface area contributed by atoms with Crippen LogP contribution in [-0.2, 0) is 4.74 Å². The molecule has 6 heteroatoms. The number of carbonyl (C=O) groups is 1. The Bertz CT molecular complexity index is 1180. The molecule has 3 N–H and O–H groups in total. The van der Waals surface area contributed by atoms with Crippen molar-refractivity contribution in [2.75, 3.05) is 0 Å². The number of nitrogens with zero attached hydrogens (tertiary/aromatic N) is 1. The second-order valence-corrected chi connectivity index (χ2v) is 7.37. The third kappa shape index (κ3) is 4.25. The zero-order chi connectivity index (χ0) is 20.4. The van der Waals surface area contributed by atoms with Gasteiger partial charge in [0.05, 0.1) is 11.0 Å². The predicted molar refractivity (Wildman–Crippen MR) is 116 cm³/mol. The van der Waals surface area contributed by atoms with Gasteiger partial charge in [-0.25, -0.2) is 4.98 Å². The molecule has 0 saturated heterocycles. The Morgan fingerprint density at radius 3 is 2.90 bits per heavy atom. The highest BCUT2D eigenvalue weighted by atomic mass is 35.5. The molecule has 1 heterocycles. The molecule has 146 valence electrons. The summed E-state index contributed by atoms with van der Waals surface area (Å²) in [5.74, 6) is 1.83. The van der Waals surface area contributed by atoms with Crippen molar-refractivity contribution in [3.05, 3.63) is 94.2 Å². The van der Waals surface area contributed by atoms with Gasteiger partial charge < -0.3 is 15.5 Å². The average Bonchev–Trinajstić information content (AvgIpc) is 2.89. The summed E-state index contributed by atoms with van der Waals surface area (Å²) in [7, 11) is 0. The van der Waals surface area contributed by atoms with Crippen molar-refractivity contribution in [3.8, 4) is 0 Å². The number of amides is 1. The van der Waals surface area contributed by atoms with Crippen LogP contribution in [0.2, 0.25) is 0 Å². The molecule has 0 saturated carbocycles. The van der Waals surface area contributed by atoms with E-state index in [1.807, 2.05) is 49.5 Å². The molecule has 5 nitrogen and oxygen atoms in total. The summed E-state index contributed by atoms with van der Waals surface area (Å²) >= 11 is 6.11. The SMILES string of the molecule is CC1=CC=C(Cl)CC=C1OC1=CC=C(c2nc3ccc(C(N)=O)cc3[nH]2)CC=C1. The number of hydrogen-bond donors (Lipinski definition) is 2. The molecule has 2 aliphatic carbocycles. The minimum Gasteiger partial charge on any atom is -0.457 e. The van der Waals surface area contributed by atoms with Crippen LogP contribution in [0.5, 0.6) is 0 Å². The number of imidazole rings is 1. The van der Waals surface area contributed by atoms with Crippen LogP contribution in [0, 0.1) is 0 Å². The molecule has 0 atom stereocenters. The number of nitrogens with two attached hydrogens (primary N) is 1. The summed E-state index contributed by atoms with van der Waals surface area (Å²) < 4.78 is 6.09. The van der Waals surface area contributed by atoms with E-state index in [9.17, 15) is 4.79 Å². The summed E-state index contributed by atoms with van der Waals surface area (Å²) in [5, 5.41) is 0.778. The lowest BCUT2D eigenvalue weighted by molar-refractivity contribution is 0.100. The van der Waals surface area contributed by atoms with E-state index in [0.717, 1.165) is 44.6 Å². The van der Waals surface area contributed by atoms with Crippen molar-refractivity contribution in [1.29, 1.82) is 0 Å². The quantitative estimate of drug-likeness (QED) is 0.727. The van der Waals surface area contributed by atoms with Crippen LogP contribution in [0.3, 0.4) is 0 Å². The number of rotatable bonds is 4. The number of H-pyrrole nitrogens is 1. The second-order valence-electron chi connectivity index (χ2n) is 6.89. The number of aromatic nitrogens is 2. The monoisotopic (exact) mass is 405 g/mol. The number of ether oxygens (including phenoxy) is 1. The van der Waals surface area contributed by atoms with Crippen LogP contribution in [0.15, 0.2) is 82.9 Å². The standard InChI is InChI=1S/C23H20ClN3O2/c1-14-5-8-17(24)9-12-21(14)29-18-4-2-3-15(6-10-18)23-26-19-11-7-16(22(25)28)13-20(19)27-23/h2,4-8,10-13H,3,9H2,1H3,(H2,25,28)(H,26,27). The third-order valence-corrected chi connectivity index (χ3v) is 5.03. The van der Waals surface area contributed by atoms with Crippen LogP contribution >= 0.6 is 11.6 Å². The largest absolute Gasteiger partial charge is 0.457 e. The molecule has 29 heavy (non-hydrogen) atoms. The fourth-order valence-corrected chi connectivity index (χ4v) is 3.27. The van der Waals surface area contributed by atoms with E-state index in [4.69, 9.17) is 22.1 Å². The Balaban J connectivity index is 1.58. The Morgan fingerprint density at radius 1 is 1.21 bits per heavy atom. The molecule has 0 radical (unpaired) electrons. The first-order valence-corrected chi connectivity index (χ1v) is 9.66. The van der Waals surface area contributed by atoms with Crippen LogP contribution < -0.4 is 5.73 Å². The fourth-order valence-electron chi connectivity index (χ4n) is 3.13. The van der Waals surface area contributed by atoms with Crippen molar-refractivity contribution in [1.82, 2.24) is 9.97 Å². The first-order valence-electron chi connectivity index (χ1n) is 9.28. The molecule has 0 unspecified atom stereocenters. The van der Waals surface area contributed by atoms with Crippen LogP contribution in [0.4, 0.5) is 0 Å². The normalized spacial score (nSPS) is 16.8. The van der Waals surface area contributed by atoms with Crippen LogP contribution in [0.25, 0.3) is 16.6 Å². The van der Waals surface area contributed by atoms with Gasteiger partial charge in [0.2, 0.25) is 5.91 Å². The van der Waals surface area contributed by atoms with Gasteiger partial charge in [-0.3, -0.25) is 4.79 Å². The van der Waals surface area contributed by atoms with Gasteiger partial charge in [0, 0.05) is 17.0 Å². The zero-order valence-electron chi connectivity index (χ0n) is 15.9. The predicted octanol–water partition coefficient (Wildman–Crippen LogP) is 5.26. The van der Waals surface area contributed by atoms with E-state index in [1.165, 1.54) is 0 Å². The first kappa shape index (κ1) is 19.0. The van der Waals surface area contributed by atoms with E-state index in [-0.39, 0.29) is 0 Å². The topological polar surface area (TPSA) is 81.0 Å². The Labute approximate surface area is 173 Å². The third-order valence-electron chi connectivity index (χ3n) is 4.75. The van der Waals surface area contributed by atoms with E-state index >= 15 is 0 Å². The molecule has 1 aromatic carbocycles. The Morgan fingerprint density at radius 2 is 2.07 bits per heavy atom. The lowest BCUT2D eigenvalue weighted by Gasteiger charge is -2.10. The smallest absolute Gasteiger partial charge is 0.248 e. The van der Waals surface area contributed by atoms with Gasteiger partial charge in [0.1, 0.15) is 17.3 Å². The number of fused-ring (bicyclic) bond motifs is 1. The molecular weight excluding hydrogens is 386 g/mol. The van der Waals surface area contributed by atoms with E-state index in [0.29, 0.717) is 18.4 Å². The maximum atomic E-state index is 11.4. The number of primary amides is 1. The number of carbonyl (C=O) groups excluding carboxylic acids is 1. The van der Waals surface area contributed by atoms with Gasteiger partial charge in [-0.15, -0.1) is 0 Å². The maximum absolute atomic E-state index is 11.4.